The SMILES string of the molecule is CN=C(NCCCc1c(C)noc1C)N1CCN(S(=O)(=O)Cc2ccon2)CC1.I. The lowest BCUT2D eigenvalue weighted by atomic mass is 10.1. The van der Waals surface area contributed by atoms with Crippen LogP contribution in [-0.4, -0.2) is 73.7 Å². The summed E-state index contributed by atoms with van der Waals surface area (Å²) in [6.07, 6.45) is 3.19. The number of aliphatic imine (C=N–C) groups is 1. The maximum absolute atomic E-state index is 12.5. The average Bonchev–Trinajstić information content (AvgIpc) is 3.32. The summed E-state index contributed by atoms with van der Waals surface area (Å²) in [7, 11) is -1.67. The summed E-state index contributed by atoms with van der Waals surface area (Å²) in [6.45, 7) is 6.65. The molecule has 10 nitrogen and oxygen atoms in total. The fourth-order valence-corrected chi connectivity index (χ4v) is 4.85. The number of rotatable bonds is 7. The van der Waals surface area contributed by atoms with E-state index in [-0.39, 0.29) is 29.7 Å². The highest BCUT2D eigenvalue weighted by molar-refractivity contribution is 14.0. The molecule has 12 heteroatoms. The van der Waals surface area contributed by atoms with E-state index in [1.165, 1.54) is 10.6 Å². The summed E-state index contributed by atoms with van der Waals surface area (Å²) in [5.74, 6) is 1.52. The molecule has 1 aliphatic rings. The molecule has 1 aliphatic heterocycles. The van der Waals surface area contributed by atoms with E-state index >= 15 is 0 Å². The Labute approximate surface area is 194 Å². The molecule has 0 bridgehead atoms. The van der Waals surface area contributed by atoms with E-state index in [2.05, 4.69) is 25.5 Å². The molecular formula is C18H29IN6O4S. The van der Waals surface area contributed by atoms with Crippen LogP contribution in [0.25, 0.3) is 0 Å². The van der Waals surface area contributed by atoms with Gasteiger partial charge in [0, 0.05) is 51.4 Å². The second-order valence-electron chi connectivity index (χ2n) is 7.01. The van der Waals surface area contributed by atoms with Gasteiger partial charge in [0.25, 0.3) is 0 Å². The van der Waals surface area contributed by atoms with Crippen molar-refractivity contribution in [2.75, 3.05) is 39.8 Å². The molecule has 1 fully saturated rings. The number of piperazine rings is 1. The van der Waals surface area contributed by atoms with Crippen LogP contribution in [0.4, 0.5) is 0 Å². The van der Waals surface area contributed by atoms with Crippen molar-refractivity contribution in [3.8, 4) is 0 Å². The fourth-order valence-electron chi connectivity index (χ4n) is 3.42. The van der Waals surface area contributed by atoms with Gasteiger partial charge in [-0.2, -0.15) is 4.31 Å². The van der Waals surface area contributed by atoms with E-state index in [0.29, 0.717) is 31.9 Å². The number of guanidine groups is 1. The molecule has 1 N–H and O–H groups in total. The molecular weight excluding hydrogens is 523 g/mol. The number of aryl methyl sites for hydroxylation is 2. The molecule has 0 aromatic carbocycles. The molecule has 1 saturated heterocycles. The van der Waals surface area contributed by atoms with Gasteiger partial charge in [0.05, 0.1) is 11.4 Å². The van der Waals surface area contributed by atoms with Crippen molar-refractivity contribution in [1.29, 1.82) is 0 Å². The molecule has 3 heterocycles. The van der Waals surface area contributed by atoms with Crippen molar-refractivity contribution in [2.45, 2.75) is 32.4 Å². The molecule has 0 atom stereocenters. The molecule has 0 spiro atoms. The monoisotopic (exact) mass is 552 g/mol. The van der Waals surface area contributed by atoms with Gasteiger partial charge in [-0.3, -0.25) is 4.99 Å². The maximum atomic E-state index is 12.5. The molecule has 0 aliphatic carbocycles. The number of halogens is 1. The minimum absolute atomic E-state index is 0. The first-order valence-corrected chi connectivity index (χ1v) is 11.3. The van der Waals surface area contributed by atoms with Crippen LogP contribution >= 0.6 is 24.0 Å². The highest BCUT2D eigenvalue weighted by Crippen LogP contribution is 2.15. The third-order valence-electron chi connectivity index (χ3n) is 5.03. The Kier molecular flexibility index (Phi) is 9.09. The van der Waals surface area contributed by atoms with Gasteiger partial charge < -0.3 is 19.3 Å². The second kappa shape index (κ2) is 11.1. The predicted molar refractivity (Wildman–Crippen MR) is 123 cm³/mol. The van der Waals surface area contributed by atoms with E-state index < -0.39 is 10.0 Å². The average molecular weight is 552 g/mol. The Morgan fingerprint density at radius 1 is 1.23 bits per heavy atom. The smallest absolute Gasteiger partial charge is 0.220 e. The largest absolute Gasteiger partial charge is 0.364 e. The number of hydrogen-bond donors (Lipinski definition) is 1. The van der Waals surface area contributed by atoms with Crippen molar-refractivity contribution in [2.24, 2.45) is 4.99 Å². The van der Waals surface area contributed by atoms with Crippen LogP contribution in [-0.2, 0) is 22.2 Å². The second-order valence-corrected chi connectivity index (χ2v) is 8.98. The Bertz CT molecular complexity index is 901. The first-order valence-electron chi connectivity index (χ1n) is 9.65. The van der Waals surface area contributed by atoms with Crippen molar-refractivity contribution >= 4 is 40.0 Å². The third-order valence-corrected chi connectivity index (χ3v) is 6.85. The van der Waals surface area contributed by atoms with Gasteiger partial charge in [0.1, 0.15) is 17.8 Å². The normalized spacial score (nSPS) is 15.8. The van der Waals surface area contributed by atoms with E-state index in [1.54, 1.807) is 13.1 Å². The fraction of sp³-hybridized carbons (Fsp3) is 0.611. The van der Waals surface area contributed by atoms with Crippen molar-refractivity contribution in [1.82, 2.24) is 24.8 Å². The Balaban J connectivity index is 0.00000320. The van der Waals surface area contributed by atoms with Crippen LogP contribution in [0.2, 0.25) is 0 Å². The van der Waals surface area contributed by atoms with Crippen LogP contribution in [0.3, 0.4) is 0 Å². The lowest BCUT2D eigenvalue weighted by Gasteiger charge is -2.35. The topological polar surface area (TPSA) is 117 Å². The quantitative estimate of drug-likeness (QED) is 0.238. The summed E-state index contributed by atoms with van der Waals surface area (Å²) >= 11 is 0. The first kappa shape index (κ1) is 24.6. The molecule has 2 aromatic rings. The summed E-state index contributed by atoms with van der Waals surface area (Å²) in [4.78, 5) is 6.42. The lowest BCUT2D eigenvalue weighted by molar-refractivity contribution is 0.260. The van der Waals surface area contributed by atoms with Crippen LogP contribution < -0.4 is 5.32 Å². The van der Waals surface area contributed by atoms with Crippen molar-refractivity contribution in [3.63, 3.8) is 0 Å². The Morgan fingerprint density at radius 3 is 2.53 bits per heavy atom. The molecule has 30 heavy (non-hydrogen) atoms. The van der Waals surface area contributed by atoms with Crippen LogP contribution in [0.15, 0.2) is 26.4 Å². The zero-order chi connectivity index (χ0) is 20.9. The first-order chi connectivity index (χ1) is 13.9. The number of sulfonamides is 1. The summed E-state index contributed by atoms with van der Waals surface area (Å²) in [6, 6.07) is 1.57. The molecule has 2 aromatic heterocycles. The minimum atomic E-state index is -3.41. The minimum Gasteiger partial charge on any atom is -0.364 e. The maximum Gasteiger partial charge on any atom is 0.220 e. The van der Waals surface area contributed by atoms with Crippen LogP contribution in [0, 0.1) is 13.8 Å². The Hall–Kier alpha value is -1.67. The molecule has 0 radical (unpaired) electrons. The molecule has 168 valence electrons. The number of nitrogens with one attached hydrogen (secondary N) is 1. The van der Waals surface area contributed by atoms with Gasteiger partial charge in [0.2, 0.25) is 10.0 Å². The highest BCUT2D eigenvalue weighted by atomic mass is 127. The van der Waals surface area contributed by atoms with Gasteiger partial charge in [0.15, 0.2) is 5.96 Å². The zero-order valence-electron chi connectivity index (χ0n) is 17.5. The number of aromatic nitrogens is 2. The predicted octanol–water partition coefficient (Wildman–Crippen LogP) is 1.55. The van der Waals surface area contributed by atoms with Crippen molar-refractivity contribution < 1.29 is 17.5 Å². The zero-order valence-corrected chi connectivity index (χ0v) is 20.6. The Morgan fingerprint density at radius 2 is 1.97 bits per heavy atom. The van der Waals surface area contributed by atoms with Crippen LogP contribution in [0.1, 0.15) is 29.1 Å². The number of hydrogen-bond acceptors (Lipinski definition) is 7. The van der Waals surface area contributed by atoms with Gasteiger partial charge in [-0.1, -0.05) is 10.3 Å². The van der Waals surface area contributed by atoms with Gasteiger partial charge in [-0.05, 0) is 26.7 Å². The molecule has 0 saturated carbocycles. The highest BCUT2D eigenvalue weighted by Gasteiger charge is 2.28. The summed E-state index contributed by atoms with van der Waals surface area (Å²) in [5.41, 5.74) is 2.52. The van der Waals surface area contributed by atoms with Gasteiger partial charge in [-0.25, -0.2) is 8.42 Å². The molecule has 0 unspecified atom stereocenters. The third kappa shape index (κ3) is 6.17. The number of nitrogens with zero attached hydrogens (tertiary/aromatic N) is 5. The lowest BCUT2D eigenvalue weighted by Crippen LogP contribution is -2.54. The molecule has 0 amide bonds. The standard InChI is InChI=1S/C18H28N6O4S.HI/c1-14-17(15(2)28-21-14)5-4-7-20-18(19-3)23-8-10-24(11-9-23)29(25,26)13-16-6-12-27-22-16;/h6,12H,4-5,7-11,13H2,1-3H3,(H,19,20);1H. The van der Waals surface area contributed by atoms with E-state index in [9.17, 15) is 8.42 Å². The summed E-state index contributed by atoms with van der Waals surface area (Å²) < 4.78 is 36.5. The van der Waals surface area contributed by atoms with Gasteiger partial charge in [-0.15, -0.1) is 24.0 Å². The van der Waals surface area contributed by atoms with Crippen LogP contribution in [0.5, 0.6) is 0 Å². The summed E-state index contributed by atoms with van der Waals surface area (Å²) in [5, 5.41) is 11.0. The van der Waals surface area contributed by atoms with Crippen molar-refractivity contribution in [3.05, 3.63) is 35.0 Å². The molecule has 3 rings (SSSR count). The van der Waals surface area contributed by atoms with E-state index in [0.717, 1.165) is 42.4 Å². The van der Waals surface area contributed by atoms with E-state index in [4.69, 9.17) is 9.05 Å². The van der Waals surface area contributed by atoms with Gasteiger partial charge >= 0.3 is 0 Å². The van der Waals surface area contributed by atoms with E-state index in [1.807, 2.05) is 13.8 Å².